The number of nitrogens with one attached hydrogen (secondary N) is 2. The lowest BCUT2D eigenvalue weighted by Crippen LogP contribution is -2.59. The summed E-state index contributed by atoms with van der Waals surface area (Å²) < 4.78 is 5.04. The van der Waals surface area contributed by atoms with Gasteiger partial charge in [-0.1, -0.05) is 19.1 Å². The van der Waals surface area contributed by atoms with Crippen LogP contribution in [0.5, 0.6) is 0 Å². The van der Waals surface area contributed by atoms with Crippen LogP contribution in [0.15, 0.2) is 24.3 Å². The smallest absolute Gasteiger partial charge is 0.331 e. The van der Waals surface area contributed by atoms with Crippen LogP contribution in [0, 0.1) is 12.8 Å². The van der Waals surface area contributed by atoms with Crippen LogP contribution < -0.4 is 10.6 Å². The van der Waals surface area contributed by atoms with Crippen LogP contribution in [0.2, 0.25) is 0 Å². The van der Waals surface area contributed by atoms with Gasteiger partial charge in [-0.25, -0.2) is 4.79 Å². The Labute approximate surface area is 114 Å². The first-order valence-corrected chi connectivity index (χ1v) is 6.72. The molecule has 104 valence electrons. The summed E-state index contributed by atoms with van der Waals surface area (Å²) in [4.78, 5) is 12.3. The van der Waals surface area contributed by atoms with E-state index in [2.05, 4.69) is 23.6 Å². The Morgan fingerprint density at radius 2 is 2.32 bits per heavy atom. The Bertz CT molecular complexity index is 461. The lowest BCUT2D eigenvalue weighted by Gasteiger charge is -2.41. The van der Waals surface area contributed by atoms with Gasteiger partial charge in [-0.3, -0.25) is 0 Å². The van der Waals surface area contributed by atoms with E-state index in [4.69, 9.17) is 4.74 Å². The predicted molar refractivity (Wildman–Crippen MR) is 76.2 cm³/mol. The molecular weight excluding hydrogens is 240 g/mol. The second-order valence-corrected chi connectivity index (χ2v) is 5.31. The maximum atomic E-state index is 12.3. The third-order valence-corrected chi connectivity index (χ3v) is 3.92. The molecule has 2 unspecified atom stereocenters. The second-order valence-electron chi connectivity index (χ2n) is 5.31. The minimum absolute atomic E-state index is 0.175. The van der Waals surface area contributed by atoms with Crippen molar-refractivity contribution in [3.8, 4) is 0 Å². The van der Waals surface area contributed by atoms with Gasteiger partial charge in [0.2, 0.25) is 0 Å². The number of carbonyl (C=O) groups is 1. The molecule has 0 saturated carbocycles. The number of hydrogen-bond acceptors (Lipinski definition) is 4. The zero-order chi connectivity index (χ0) is 13.9. The Morgan fingerprint density at radius 1 is 1.53 bits per heavy atom. The number of methoxy groups -OCH3 is 1. The molecule has 4 nitrogen and oxygen atoms in total. The van der Waals surface area contributed by atoms with Gasteiger partial charge in [0, 0.05) is 18.2 Å². The summed E-state index contributed by atoms with van der Waals surface area (Å²) in [5.41, 5.74) is 1.51. The van der Waals surface area contributed by atoms with Crippen molar-refractivity contribution < 1.29 is 9.53 Å². The molecule has 1 fully saturated rings. The summed E-state index contributed by atoms with van der Waals surface area (Å²) in [7, 11) is 1.46. The van der Waals surface area contributed by atoms with E-state index in [1.165, 1.54) is 12.7 Å². The Morgan fingerprint density at radius 3 is 2.95 bits per heavy atom. The van der Waals surface area contributed by atoms with Crippen molar-refractivity contribution in [1.29, 1.82) is 0 Å². The number of ether oxygens (including phenoxy) is 1. The Kier molecular flexibility index (Phi) is 4.10. The molecule has 0 bridgehead atoms. The topological polar surface area (TPSA) is 50.4 Å². The standard InChI is InChI=1S/C15H22N2O2/c1-11-5-4-6-13(9-11)17-15(14(18)19-3)7-8-16-10-12(15)2/h4-6,9,12,16-17H,7-8,10H2,1-3H3. The summed E-state index contributed by atoms with van der Waals surface area (Å²) in [6, 6.07) is 8.09. The van der Waals surface area contributed by atoms with E-state index in [0.29, 0.717) is 0 Å². The average Bonchev–Trinajstić information content (AvgIpc) is 2.40. The molecule has 0 aliphatic carbocycles. The highest BCUT2D eigenvalue weighted by Gasteiger charge is 2.46. The molecule has 1 heterocycles. The van der Waals surface area contributed by atoms with E-state index in [9.17, 15) is 4.79 Å². The molecule has 0 aromatic heterocycles. The number of esters is 1. The highest BCUT2D eigenvalue weighted by Crippen LogP contribution is 2.30. The van der Waals surface area contributed by atoms with Crippen molar-refractivity contribution in [3.05, 3.63) is 29.8 Å². The minimum Gasteiger partial charge on any atom is -0.467 e. The first kappa shape index (κ1) is 13.9. The van der Waals surface area contributed by atoms with Gasteiger partial charge in [-0.05, 0) is 37.6 Å². The summed E-state index contributed by atoms with van der Waals surface area (Å²) in [6.07, 6.45) is 0.731. The molecule has 1 aromatic rings. The molecule has 4 heteroatoms. The summed E-state index contributed by atoms with van der Waals surface area (Å²) in [5.74, 6) is -0.00258. The fourth-order valence-corrected chi connectivity index (χ4v) is 2.73. The monoisotopic (exact) mass is 262 g/mol. The highest BCUT2D eigenvalue weighted by atomic mass is 16.5. The van der Waals surface area contributed by atoms with E-state index >= 15 is 0 Å². The fourth-order valence-electron chi connectivity index (χ4n) is 2.73. The van der Waals surface area contributed by atoms with Crippen molar-refractivity contribution in [1.82, 2.24) is 5.32 Å². The van der Waals surface area contributed by atoms with Crippen LogP contribution in [0.25, 0.3) is 0 Å². The number of rotatable bonds is 3. The van der Waals surface area contributed by atoms with Crippen LogP contribution >= 0.6 is 0 Å². The van der Waals surface area contributed by atoms with E-state index < -0.39 is 5.54 Å². The number of hydrogen-bond donors (Lipinski definition) is 2. The molecule has 1 aromatic carbocycles. The fraction of sp³-hybridized carbons (Fsp3) is 0.533. The van der Waals surface area contributed by atoms with E-state index in [1.807, 2.05) is 25.1 Å². The first-order valence-electron chi connectivity index (χ1n) is 6.72. The zero-order valence-electron chi connectivity index (χ0n) is 11.8. The molecule has 0 spiro atoms. The van der Waals surface area contributed by atoms with Gasteiger partial charge in [0.15, 0.2) is 0 Å². The predicted octanol–water partition coefficient (Wildman–Crippen LogP) is 1.95. The number of benzene rings is 1. The van der Waals surface area contributed by atoms with E-state index in [-0.39, 0.29) is 11.9 Å². The van der Waals surface area contributed by atoms with Crippen molar-refractivity contribution in [2.24, 2.45) is 5.92 Å². The third-order valence-electron chi connectivity index (χ3n) is 3.92. The average molecular weight is 262 g/mol. The van der Waals surface area contributed by atoms with Crippen LogP contribution in [-0.4, -0.2) is 31.7 Å². The minimum atomic E-state index is -0.631. The lowest BCUT2D eigenvalue weighted by molar-refractivity contribution is -0.148. The van der Waals surface area contributed by atoms with Crippen LogP contribution in [-0.2, 0) is 9.53 Å². The van der Waals surface area contributed by atoms with Crippen molar-refractivity contribution in [2.75, 3.05) is 25.5 Å². The largest absolute Gasteiger partial charge is 0.467 e. The van der Waals surface area contributed by atoms with Gasteiger partial charge in [-0.15, -0.1) is 0 Å². The second kappa shape index (κ2) is 5.61. The maximum Gasteiger partial charge on any atom is 0.331 e. The summed E-state index contributed by atoms with van der Waals surface area (Å²) in [6.45, 7) is 5.75. The molecule has 1 saturated heterocycles. The lowest BCUT2D eigenvalue weighted by atomic mass is 9.79. The van der Waals surface area contributed by atoms with Crippen molar-refractivity contribution >= 4 is 11.7 Å². The number of piperidine rings is 1. The number of aryl methyl sites for hydroxylation is 1. The van der Waals surface area contributed by atoms with E-state index in [1.54, 1.807) is 0 Å². The van der Waals surface area contributed by atoms with Crippen LogP contribution in [0.3, 0.4) is 0 Å². The molecule has 0 amide bonds. The highest BCUT2D eigenvalue weighted by molar-refractivity contribution is 5.85. The quantitative estimate of drug-likeness (QED) is 0.818. The number of anilines is 1. The first-order chi connectivity index (χ1) is 9.08. The van der Waals surface area contributed by atoms with Gasteiger partial charge >= 0.3 is 5.97 Å². The molecule has 2 rings (SSSR count). The summed E-state index contributed by atoms with van der Waals surface area (Å²) in [5, 5.41) is 6.74. The molecule has 1 aliphatic heterocycles. The molecule has 2 atom stereocenters. The zero-order valence-corrected chi connectivity index (χ0v) is 11.8. The van der Waals surface area contributed by atoms with Gasteiger partial charge in [-0.2, -0.15) is 0 Å². The molecular formula is C15H22N2O2. The van der Waals surface area contributed by atoms with Gasteiger partial charge in [0.25, 0.3) is 0 Å². The van der Waals surface area contributed by atoms with E-state index in [0.717, 1.165) is 25.2 Å². The molecule has 0 radical (unpaired) electrons. The van der Waals surface area contributed by atoms with Gasteiger partial charge in [0.1, 0.15) is 5.54 Å². The van der Waals surface area contributed by atoms with Gasteiger partial charge in [0.05, 0.1) is 7.11 Å². The SMILES string of the molecule is COC(=O)C1(Nc2cccc(C)c2)CCNCC1C. The van der Waals surface area contributed by atoms with Gasteiger partial charge < -0.3 is 15.4 Å². The van der Waals surface area contributed by atoms with Crippen molar-refractivity contribution in [3.63, 3.8) is 0 Å². The van der Waals surface area contributed by atoms with Crippen LogP contribution in [0.4, 0.5) is 5.69 Å². The maximum absolute atomic E-state index is 12.3. The summed E-state index contributed by atoms with van der Waals surface area (Å²) >= 11 is 0. The third kappa shape index (κ3) is 2.73. The van der Waals surface area contributed by atoms with Crippen LogP contribution in [0.1, 0.15) is 18.9 Å². The Balaban J connectivity index is 2.30. The molecule has 1 aliphatic rings. The van der Waals surface area contributed by atoms with Crippen molar-refractivity contribution in [2.45, 2.75) is 25.8 Å². The normalized spacial score (nSPS) is 26.8. The Hall–Kier alpha value is -1.55. The number of carbonyl (C=O) groups excluding carboxylic acids is 1. The molecule has 19 heavy (non-hydrogen) atoms. The molecule has 2 N–H and O–H groups in total.